The van der Waals surface area contributed by atoms with Gasteiger partial charge in [0.15, 0.2) is 5.69 Å². The topological polar surface area (TPSA) is 96.1 Å². The number of fused-ring (bicyclic) bond motifs is 1. The number of azo groups is 1. The highest BCUT2D eigenvalue weighted by molar-refractivity contribution is 5.97. The summed E-state index contributed by atoms with van der Waals surface area (Å²) in [6.45, 7) is 0.0352. The van der Waals surface area contributed by atoms with Crippen molar-refractivity contribution in [2.75, 3.05) is 6.54 Å². The number of para-hydroxylation sites is 1. The van der Waals surface area contributed by atoms with Crippen LogP contribution in [0.4, 0.5) is 10.1 Å². The molecule has 160 valence electrons. The van der Waals surface area contributed by atoms with Crippen LogP contribution in [0.5, 0.6) is 5.88 Å². The molecule has 4 aromatic rings. The number of amides is 2. The van der Waals surface area contributed by atoms with E-state index in [1.54, 1.807) is 16.7 Å². The number of nitrogens with zero attached hydrogens (tertiary/aromatic N) is 3. The van der Waals surface area contributed by atoms with E-state index < -0.39 is 17.6 Å². The molecule has 4 rings (SSSR count). The summed E-state index contributed by atoms with van der Waals surface area (Å²) in [7, 11) is 0. The summed E-state index contributed by atoms with van der Waals surface area (Å²) < 4.78 is 14.7. The van der Waals surface area contributed by atoms with Gasteiger partial charge in [-0.25, -0.2) is 4.39 Å². The molecule has 2 N–H and O–H groups in total. The molecule has 8 heteroatoms. The van der Waals surface area contributed by atoms with Crippen LogP contribution in [0.2, 0.25) is 0 Å². The molecule has 2 amide bonds. The number of benzene rings is 3. The third-order valence-electron chi connectivity index (χ3n) is 4.87. The van der Waals surface area contributed by atoms with Gasteiger partial charge in [0, 0.05) is 10.9 Å². The molecular weight excluding hydrogens is 411 g/mol. The fraction of sp³-hybridized carbons (Fsp3) is 0.0833. The van der Waals surface area contributed by atoms with Crippen LogP contribution in [-0.4, -0.2) is 28.0 Å². The maximum atomic E-state index is 13.0. The number of aromatic nitrogens is 1. The molecule has 32 heavy (non-hydrogen) atoms. The smallest absolute Gasteiger partial charge is 0.283 e. The Labute approximate surface area is 182 Å². The summed E-state index contributed by atoms with van der Waals surface area (Å²) in [5.74, 6) is -1.80. The van der Waals surface area contributed by atoms with Crippen LogP contribution in [0.3, 0.4) is 0 Å². The maximum absolute atomic E-state index is 13.0. The first-order valence-corrected chi connectivity index (χ1v) is 9.85. The molecule has 0 aliphatic heterocycles. The Bertz CT molecular complexity index is 1300. The van der Waals surface area contributed by atoms with E-state index in [-0.39, 0.29) is 23.7 Å². The van der Waals surface area contributed by atoms with Gasteiger partial charge in [0.2, 0.25) is 5.88 Å². The second-order valence-electron chi connectivity index (χ2n) is 7.04. The minimum atomic E-state index is -0.695. The number of rotatable bonds is 6. The van der Waals surface area contributed by atoms with Gasteiger partial charge in [-0.3, -0.25) is 9.59 Å². The van der Waals surface area contributed by atoms with E-state index in [1.165, 1.54) is 12.1 Å². The molecule has 0 fully saturated rings. The zero-order valence-corrected chi connectivity index (χ0v) is 16.9. The van der Waals surface area contributed by atoms with Gasteiger partial charge in [0.05, 0.1) is 12.1 Å². The minimum Gasteiger partial charge on any atom is -0.493 e. The third kappa shape index (κ3) is 4.54. The van der Waals surface area contributed by atoms with Gasteiger partial charge in [0.25, 0.3) is 11.8 Å². The van der Waals surface area contributed by atoms with Crippen molar-refractivity contribution in [3.05, 3.63) is 95.8 Å². The number of hydrogen-bond acceptors (Lipinski definition) is 4. The van der Waals surface area contributed by atoms with Crippen molar-refractivity contribution >= 4 is 28.4 Å². The molecule has 0 aliphatic carbocycles. The van der Waals surface area contributed by atoms with Gasteiger partial charge >= 0.3 is 0 Å². The van der Waals surface area contributed by atoms with Crippen molar-refractivity contribution in [3.63, 3.8) is 0 Å². The van der Waals surface area contributed by atoms with Crippen LogP contribution < -0.4 is 5.32 Å². The zero-order valence-electron chi connectivity index (χ0n) is 16.9. The van der Waals surface area contributed by atoms with Gasteiger partial charge in [-0.05, 0) is 35.9 Å². The quantitative estimate of drug-likeness (QED) is 0.439. The first-order chi connectivity index (χ1) is 15.5. The average molecular weight is 430 g/mol. The number of halogens is 1. The lowest BCUT2D eigenvalue weighted by molar-refractivity contribution is -0.117. The SMILES string of the molecule is O=C(CNC(=O)c1ccc(F)cc1)N=Nc1c(O)n(Cc2ccccc2)c2ccccc12. The van der Waals surface area contributed by atoms with E-state index in [0.29, 0.717) is 11.9 Å². The van der Waals surface area contributed by atoms with Crippen LogP contribution in [0.1, 0.15) is 15.9 Å². The standard InChI is InChI=1S/C24H19FN4O3/c25-18-12-10-17(11-13-18)23(31)26-14-21(30)27-28-22-19-8-4-5-9-20(19)29(24(22)32)15-16-6-2-1-3-7-16/h1-13,32H,14-15H2,(H,26,31). The van der Waals surface area contributed by atoms with Crippen LogP contribution in [-0.2, 0) is 11.3 Å². The number of aromatic hydroxyl groups is 1. The largest absolute Gasteiger partial charge is 0.493 e. The Balaban J connectivity index is 1.51. The monoisotopic (exact) mass is 430 g/mol. The number of hydrogen-bond donors (Lipinski definition) is 2. The average Bonchev–Trinajstić information content (AvgIpc) is 3.08. The molecule has 1 heterocycles. The lowest BCUT2D eigenvalue weighted by Crippen LogP contribution is -2.28. The van der Waals surface area contributed by atoms with Crippen LogP contribution in [0, 0.1) is 5.82 Å². The highest BCUT2D eigenvalue weighted by atomic mass is 19.1. The van der Waals surface area contributed by atoms with E-state index in [0.717, 1.165) is 23.2 Å². The first kappa shape index (κ1) is 20.9. The molecular formula is C24H19FN4O3. The van der Waals surface area contributed by atoms with Gasteiger partial charge < -0.3 is 15.0 Å². The molecule has 7 nitrogen and oxygen atoms in total. The minimum absolute atomic E-state index is 0.109. The number of carbonyl (C=O) groups is 2. The van der Waals surface area contributed by atoms with Crippen molar-refractivity contribution < 1.29 is 19.1 Å². The van der Waals surface area contributed by atoms with E-state index in [9.17, 15) is 19.1 Å². The lowest BCUT2D eigenvalue weighted by atomic mass is 10.2. The van der Waals surface area contributed by atoms with E-state index >= 15 is 0 Å². The Morgan fingerprint density at radius 2 is 1.62 bits per heavy atom. The molecule has 0 spiro atoms. The molecule has 0 bridgehead atoms. The summed E-state index contributed by atoms with van der Waals surface area (Å²) in [5, 5.41) is 21.4. The summed E-state index contributed by atoms with van der Waals surface area (Å²) in [6, 6.07) is 21.9. The van der Waals surface area contributed by atoms with Gasteiger partial charge in [0.1, 0.15) is 12.4 Å². The Morgan fingerprint density at radius 3 is 2.38 bits per heavy atom. The van der Waals surface area contributed by atoms with E-state index in [2.05, 4.69) is 15.5 Å². The molecule has 0 saturated carbocycles. The first-order valence-electron chi connectivity index (χ1n) is 9.85. The van der Waals surface area contributed by atoms with Crippen molar-refractivity contribution in [3.8, 4) is 5.88 Å². The molecule has 1 aromatic heterocycles. The summed E-state index contributed by atoms with van der Waals surface area (Å²) in [6.07, 6.45) is 0. The second-order valence-corrected chi connectivity index (χ2v) is 7.04. The lowest BCUT2D eigenvalue weighted by Gasteiger charge is -2.06. The van der Waals surface area contributed by atoms with Crippen molar-refractivity contribution in [2.24, 2.45) is 10.2 Å². The van der Waals surface area contributed by atoms with Crippen LogP contribution >= 0.6 is 0 Å². The number of nitrogens with one attached hydrogen (secondary N) is 1. The third-order valence-corrected chi connectivity index (χ3v) is 4.87. The van der Waals surface area contributed by atoms with Crippen molar-refractivity contribution in [1.29, 1.82) is 0 Å². The highest BCUT2D eigenvalue weighted by Crippen LogP contribution is 2.39. The molecule has 0 atom stereocenters. The Kier molecular flexibility index (Phi) is 6.03. The van der Waals surface area contributed by atoms with Gasteiger partial charge in [-0.15, -0.1) is 10.2 Å². The zero-order chi connectivity index (χ0) is 22.5. The van der Waals surface area contributed by atoms with Crippen molar-refractivity contribution in [2.45, 2.75) is 6.54 Å². The van der Waals surface area contributed by atoms with E-state index in [1.807, 2.05) is 42.5 Å². The summed E-state index contributed by atoms with van der Waals surface area (Å²) >= 11 is 0. The molecule has 0 aliphatic rings. The Morgan fingerprint density at radius 1 is 0.938 bits per heavy atom. The molecule has 3 aromatic carbocycles. The second kappa shape index (κ2) is 9.22. The summed E-state index contributed by atoms with van der Waals surface area (Å²) in [4.78, 5) is 24.2. The van der Waals surface area contributed by atoms with Gasteiger partial charge in [-0.2, -0.15) is 0 Å². The van der Waals surface area contributed by atoms with Crippen LogP contribution in [0.15, 0.2) is 89.1 Å². The predicted molar refractivity (Wildman–Crippen MR) is 117 cm³/mol. The molecule has 0 unspecified atom stereocenters. The van der Waals surface area contributed by atoms with Gasteiger partial charge in [-0.1, -0.05) is 48.5 Å². The van der Waals surface area contributed by atoms with Crippen molar-refractivity contribution in [1.82, 2.24) is 9.88 Å². The molecule has 0 radical (unpaired) electrons. The van der Waals surface area contributed by atoms with E-state index in [4.69, 9.17) is 0 Å². The normalized spacial score (nSPS) is 11.2. The predicted octanol–water partition coefficient (Wildman–Crippen LogP) is 4.57. The molecule has 0 saturated heterocycles. The Hall–Kier alpha value is -4.33. The maximum Gasteiger partial charge on any atom is 0.283 e. The number of carbonyl (C=O) groups excluding carboxylic acids is 2. The fourth-order valence-electron chi connectivity index (χ4n) is 3.30. The fourth-order valence-corrected chi connectivity index (χ4v) is 3.30. The van der Waals surface area contributed by atoms with Crippen LogP contribution in [0.25, 0.3) is 10.9 Å². The highest BCUT2D eigenvalue weighted by Gasteiger charge is 2.17. The summed E-state index contributed by atoms with van der Waals surface area (Å²) in [5.41, 5.74) is 2.14.